The second-order valence-electron chi connectivity index (χ2n) is 5.07. The van der Waals surface area contributed by atoms with Crippen LogP contribution < -0.4 is 5.56 Å². The third-order valence-electron chi connectivity index (χ3n) is 3.65. The van der Waals surface area contributed by atoms with Crippen LogP contribution in [0.4, 0.5) is 0 Å². The average molecular weight is 311 g/mol. The van der Waals surface area contributed by atoms with Gasteiger partial charge in [-0.15, -0.1) is 0 Å². The van der Waals surface area contributed by atoms with Crippen molar-refractivity contribution in [2.75, 3.05) is 0 Å². The van der Waals surface area contributed by atoms with Crippen LogP contribution in [0.15, 0.2) is 57.7 Å². The van der Waals surface area contributed by atoms with E-state index in [-0.39, 0.29) is 5.56 Å². The first kappa shape index (κ1) is 13.1. The lowest BCUT2D eigenvalue weighted by atomic mass is 10.1. The molecular weight excluding hydrogens is 300 g/mol. The molecule has 0 bridgehead atoms. The summed E-state index contributed by atoms with van der Waals surface area (Å²) < 4.78 is 7.12. The van der Waals surface area contributed by atoms with Gasteiger partial charge in [-0.25, -0.2) is 0 Å². The van der Waals surface area contributed by atoms with Gasteiger partial charge in [-0.05, 0) is 37.3 Å². The molecule has 0 amide bonds. The van der Waals surface area contributed by atoms with Gasteiger partial charge < -0.3 is 4.42 Å². The summed E-state index contributed by atoms with van der Waals surface area (Å²) in [5.74, 6) is 0.562. The Balaban J connectivity index is 2.12. The van der Waals surface area contributed by atoms with Crippen molar-refractivity contribution >= 4 is 22.6 Å². The lowest BCUT2D eigenvalue weighted by molar-refractivity contribution is 0.567. The number of nitrogens with zero attached hydrogens (tertiary/aromatic N) is 2. The van der Waals surface area contributed by atoms with Crippen molar-refractivity contribution in [3.8, 4) is 16.9 Å². The van der Waals surface area contributed by atoms with E-state index >= 15 is 0 Å². The molecule has 2 heterocycles. The molecule has 0 aliphatic carbocycles. The molecule has 0 N–H and O–H groups in total. The van der Waals surface area contributed by atoms with Gasteiger partial charge in [0.1, 0.15) is 22.6 Å². The number of para-hydroxylation sites is 1. The Morgan fingerprint density at radius 2 is 1.95 bits per heavy atom. The highest BCUT2D eigenvalue weighted by atomic mass is 35.5. The SMILES string of the molecule is Cc1oc2ccccc2c2nn(-c3cccc(Cl)c3)c(=O)c1-2. The predicted octanol–water partition coefficient (Wildman–Crippen LogP) is 4.05. The third kappa shape index (κ3) is 1.84. The standard InChI is InChI=1S/C17H11ClN2O2/c1-10-15-16(13-7-2-3-8-14(13)22-10)19-20(17(15)21)12-6-4-5-11(18)9-12/h2-9H,1H3. The molecule has 2 aliphatic rings. The number of rotatable bonds is 1. The predicted molar refractivity (Wildman–Crippen MR) is 86.0 cm³/mol. The van der Waals surface area contributed by atoms with E-state index in [0.717, 1.165) is 5.39 Å². The van der Waals surface area contributed by atoms with Gasteiger partial charge in [0.15, 0.2) is 0 Å². The quantitative estimate of drug-likeness (QED) is 0.533. The topological polar surface area (TPSA) is 48.0 Å². The summed E-state index contributed by atoms with van der Waals surface area (Å²) in [7, 11) is 0. The Kier molecular flexibility index (Phi) is 2.81. The Bertz CT molecular complexity index is 1030. The Morgan fingerprint density at radius 3 is 2.77 bits per heavy atom. The molecule has 2 aromatic rings. The molecule has 0 saturated heterocycles. The maximum absolute atomic E-state index is 12.7. The van der Waals surface area contributed by atoms with Crippen molar-refractivity contribution in [1.82, 2.24) is 9.78 Å². The number of aryl methyl sites for hydroxylation is 1. The fourth-order valence-electron chi connectivity index (χ4n) is 2.66. The van der Waals surface area contributed by atoms with Crippen LogP contribution in [0.3, 0.4) is 0 Å². The second-order valence-corrected chi connectivity index (χ2v) is 5.51. The summed E-state index contributed by atoms with van der Waals surface area (Å²) in [5.41, 5.74) is 2.28. The molecule has 4 nitrogen and oxygen atoms in total. The van der Waals surface area contributed by atoms with Crippen molar-refractivity contribution in [2.24, 2.45) is 0 Å². The van der Waals surface area contributed by atoms with E-state index in [1.165, 1.54) is 4.68 Å². The molecule has 0 fully saturated rings. The summed E-state index contributed by atoms with van der Waals surface area (Å²) in [5, 5.41) is 5.88. The van der Waals surface area contributed by atoms with Crippen molar-refractivity contribution in [3.63, 3.8) is 0 Å². The van der Waals surface area contributed by atoms with Crippen LogP contribution in [-0.4, -0.2) is 9.78 Å². The van der Waals surface area contributed by atoms with E-state index in [0.29, 0.717) is 33.3 Å². The molecule has 0 aromatic heterocycles. The molecule has 2 aromatic carbocycles. The molecule has 4 rings (SSSR count). The van der Waals surface area contributed by atoms with Gasteiger partial charge in [0.05, 0.1) is 5.69 Å². The molecule has 5 heteroatoms. The lowest BCUT2D eigenvalue weighted by Gasteiger charge is -2.04. The number of fused-ring (bicyclic) bond motifs is 3. The number of aromatic nitrogens is 2. The Labute approximate surface area is 130 Å². The van der Waals surface area contributed by atoms with E-state index in [9.17, 15) is 4.79 Å². The Hall–Kier alpha value is -2.59. The van der Waals surface area contributed by atoms with Crippen LogP contribution in [0, 0.1) is 6.92 Å². The largest absolute Gasteiger partial charge is 0.460 e. The van der Waals surface area contributed by atoms with Crippen LogP contribution in [0.2, 0.25) is 5.02 Å². The van der Waals surface area contributed by atoms with Gasteiger partial charge in [-0.2, -0.15) is 9.78 Å². The van der Waals surface area contributed by atoms with Crippen LogP contribution in [0.5, 0.6) is 0 Å². The third-order valence-corrected chi connectivity index (χ3v) is 3.89. The molecule has 2 aliphatic heterocycles. The highest BCUT2D eigenvalue weighted by molar-refractivity contribution is 6.30. The monoisotopic (exact) mass is 310 g/mol. The van der Waals surface area contributed by atoms with Crippen molar-refractivity contribution in [3.05, 3.63) is 69.7 Å². The van der Waals surface area contributed by atoms with Gasteiger partial charge in [-0.1, -0.05) is 29.8 Å². The molecule has 108 valence electrons. The molecule has 0 radical (unpaired) electrons. The fraction of sp³-hybridized carbons (Fsp3) is 0.0588. The summed E-state index contributed by atoms with van der Waals surface area (Å²) in [4.78, 5) is 12.7. The molecule has 0 saturated carbocycles. The lowest BCUT2D eigenvalue weighted by Crippen LogP contribution is -2.14. The first-order valence-electron chi connectivity index (χ1n) is 6.82. The minimum absolute atomic E-state index is 0.204. The fourth-order valence-corrected chi connectivity index (χ4v) is 2.84. The van der Waals surface area contributed by atoms with Crippen LogP contribution in [0.1, 0.15) is 5.76 Å². The number of halogens is 1. The van der Waals surface area contributed by atoms with E-state index in [4.69, 9.17) is 16.0 Å². The number of hydrogen-bond acceptors (Lipinski definition) is 3. The molecule has 22 heavy (non-hydrogen) atoms. The Morgan fingerprint density at radius 1 is 1.14 bits per heavy atom. The van der Waals surface area contributed by atoms with Crippen molar-refractivity contribution < 1.29 is 4.42 Å². The summed E-state index contributed by atoms with van der Waals surface area (Å²) in [6, 6.07) is 14.6. The van der Waals surface area contributed by atoms with Gasteiger partial charge in [0.2, 0.25) is 0 Å². The number of hydrogen-bond donors (Lipinski definition) is 0. The van der Waals surface area contributed by atoms with Gasteiger partial charge in [0.25, 0.3) is 5.56 Å². The van der Waals surface area contributed by atoms with E-state index < -0.39 is 0 Å². The summed E-state index contributed by atoms with van der Waals surface area (Å²) >= 11 is 6.01. The summed E-state index contributed by atoms with van der Waals surface area (Å²) in [6.07, 6.45) is 0. The molecular formula is C17H11ClN2O2. The molecule has 0 atom stereocenters. The zero-order valence-electron chi connectivity index (χ0n) is 11.7. The maximum Gasteiger partial charge on any atom is 0.284 e. The molecule has 0 spiro atoms. The van der Waals surface area contributed by atoms with E-state index in [2.05, 4.69) is 5.10 Å². The number of benzene rings is 2. The minimum atomic E-state index is -0.204. The normalized spacial score (nSPS) is 11.4. The molecule has 0 unspecified atom stereocenters. The minimum Gasteiger partial charge on any atom is -0.460 e. The highest BCUT2D eigenvalue weighted by Gasteiger charge is 2.23. The van der Waals surface area contributed by atoms with Gasteiger partial charge >= 0.3 is 0 Å². The van der Waals surface area contributed by atoms with Crippen molar-refractivity contribution in [1.29, 1.82) is 0 Å². The zero-order chi connectivity index (χ0) is 15.3. The average Bonchev–Trinajstić information content (AvgIpc) is 2.86. The van der Waals surface area contributed by atoms with Gasteiger partial charge in [-0.3, -0.25) is 4.79 Å². The van der Waals surface area contributed by atoms with Crippen LogP contribution in [0.25, 0.3) is 27.9 Å². The highest BCUT2D eigenvalue weighted by Crippen LogP contribution is 2.30. The smallest absolute Gasteiger partial charge is 0.284 e. The summed E-state index contributed by atoms with van der Waals surface area (Å²) in [6.45, 7) is 1.78. The van der Waals surface area contributed by atoms with Crippen LogP contribution in [-0.2, 0) is 0 Å². The van der Waals surface area contributed by atoms with Crippen LogP contribution >= 0.6 is 11.6 Å². The van der Waals surface area contributed by atoms with E-state index in [1.54, 1.807) is 31.2 Å². The van der Waals surface area contributed by atoms with Gasteiger partial charge in [0, 0.05) is 10.4 Å². The first-order valence-corrected chi connectivity index (χ1v) is 7.20. The zero-order valence-corrected chi connectivity index (χ0v) is 12.5. The first-order chi connectivity index (χ1) is 10.6. The van der Waals surface area contributed by atoms with Crippen molar-refractivity contribution in [2.45, 2.75) is 6.92 Å². The maximum atomic E-state index is 12.7. The van der Waals surface area contributed by atoms with E-state index in [1.807, 2.05) is 24.3 Å². The second kappa shape index (κ2) is 4.71.